The Balaban J connectivity index is 2.20. The van der Waals surface area contributed by atoms with Crippen molar-refractivity contribution in [1.82, 2.24) is 9.80 Å². The second kappa shape index (κ2) is 7.34. The fourth-order valence-corrected chi connectivity index (χ4v) is 2.18. The van der Waals surface area contributed by atoms with Gasteiger partial charge in [0.15, 0.2) is 0 Å². The van der Waals surface area contributed by atoms with Crippen molar-refractivity contribution >= 4 is 10.4 Å². The molecule has 18 heavy (non-hydrogen) atoms. The van der Waals surface area contributed by atoms with Crippen molar-refractivity contribution in [2.45, 2.75) is 6.10 Å². The summed E-state index contributed by atoms with van der Waals surface area (Å²) in [6.45, 7) is 3.69. The molecule has 1 saturated heterocycles. The molecule has 3 N–H and O–H groups in total. The van der Waals surface area contributed by atoms with E-state index in [2.05, 4.69) is 9.08 Å². The Morgan fingerprint density at radius 2 is 1.72 bits per heavy atom. The van der Waals surface area contributed by atoms with Crippen LogP contribution in [0, 0.1) is 0 Å². The summed E-state index contributed by atoms with van der Waals surface area (Å²) in [4.78, 5) is 4.09. The van der Waals surface area contributed by atoms with Crippen molar-refractivity contribution in [3.8, 4) is 0 Å². The van der Waals surface area contributed by atoms with Crippen LogP contribution >= 0.6 is 0 Å². The van der Waals surface area contributed by atoms with E-state index >= 15 is 0 Å². The zero-order chi connectivity index (χ0) is 13.6. The molecule has 0 aliphatic carbocycles. The third-order valence-corrected chi connectivity index (χ3v) is 3.19. The lowest BCUT2D eigenvalue weighted by Gasteiger charge is -2.35. The van der Waals surface area contributed by atoms with Gasteiger partial charge in [0.25, 0.3) is 0 Å². The van der Waals surface area contributed by atoms with Crippen LogP contribution in [0.4, 0.5) is 0 Å². The smallest absolute Gasteiger partial charge is 0.395 e. The fourth-order valence-electron chi connectivity index (χ4n) is 1.85. The molecule has 108 valence electrons. The van der Waals surface area contributed by atoms with Crippen molar-refractivity contribution in [1.29, 1.82) is 0 Å². The van der Waals surface area contributed by atoms with E-state index in [-0.39, 0.29) is 6.61 Å². The summed E-state index contributed by atoms with van der Waals surface area (Å²) < 4.78 is 33.1. The molecule has 0 spiro atoms. The summed E-state index contributed by atoms with van der Waals surface area (Å²) in [7, 11) is -4.49. The molecule has 9 heteroatoms. The minimum atomic E-state index is -4.49. The number of piperazine rings is 1. The average molecular weight is 284 g/mol. The predicted molar refractivity (Wildman–Crippen MR) is 63.5 cm³/mol. The summed E-state index contributed by atoms with van der Waals surface area (Å²) in [5.41, 5.74) is 0. The van der Waals surface area contributed by atoms with Crippen LogP contribution in [0.5, 0.6) is 0 Å². The first kappa shape index (κ1) is 15.8. The molecular weight excluding hydrogens is 264 g/mol. The molecule has 1 unspecified atom stereocenters. The molecule has 0 aromatic heterocycles. The maximum Gasteiger partial charge on any atom is 0.397 e. The van der Waals surface area contributed by atoms with Crippen LogP contribution in [0.3, 0.4) is 0 Å². The molecule has 0 aromatic rings. The molecule has 8 nitrogen and oxygen atoms in total. The molecular formula is C9H20N2O6S. The van der Waals surface area contributed by atoms with Crippen molar-refractivity contribution in [2.75, 3.05) is 52.5 Å². The molecule has 0 aromatic carbocycles. The lowest BCUT2D eigenvalue weighted by atomic mass is 10.2. The van der Waals surface area contributed by atoms with E-state index in [4.69, 9.17) is 9.66 Å². The molecule has 1 fully saturated rings. The Morgan fingerprint density at radius 3 is 2.22 bits per heavy atom. The molecule has 0 saturated carbocycles. The summed E-state index contributed by atoms with van der Waals surface area (Å²) in [6.07, 6.45) is -0.962. The summed E-state index contributed by atoms with van der Waals surface area (Å²) in [5, 5.41) is 18.3. The highest BCUT2D eigenvalue weighted by Gasteiger charge is 2.19. The first-order valence-electron chi connectivity index (χ1n) is 5.76. The lowest BCUT2D eigenvalue weighted by molar-refractivity contribution is 0.0416. The Morgan fingerprint density at radius 1 is 1.17 bits per heavy atom. The Kier molecular flexibility index (Phi) is 6.43. The zero-order valence-electron chi connectivity index (χ0n) is 10.1. The molecule has 0 bridgehead atoms. The van der Waals surface area contributed by atoms with E-state index in [0.717, 1.165) is 26.2 Å². The van der Waals surface area contributed by atoms with Gasteiger partial charge in [-0.1, -0.05) is 0 Å². The van der Waals surface area contributed by atoms with Gasteiger partial charge < -0.3 is 10.2 Å². The highest BCUT2D eigenvalue weighted by atomic mass is 32.3. The molecule has 0 amide bonds. The molecule has 0 radical (unpaired) electrons. The van der Waals surface area contributed by atoms with Gasteiger partial charge in [0.2, 0.25) is 0 Å². The second-order valence-corrected chi connectivity index (χ2v) is 5.32. The molecule has 1 atom stereocenters. The minimum absolute atomic E-state index is 0.130. The van der Waals surface area contributed by atoms with E-state index < -0.39 is 23.1 Å². The fraction of sp³-hybridized carbons (Fsp3) is 1.00. The van der Waals surface area contributed by atoms with Gasteiger partial charge in [0.05, 0.1) is 19.3 Å². The van der Waals surface area contributed by atoms with Crippen molar-refractivity contribution in [3.05, 3.63) is 0 Å². The van der Waals surface area contributed by atoms with Crippen LogP contribution in [0.15, 0.2) is 0 Å². The molecule has 1 aliphatic heterocycles. The van der Waals surface area contributed by atoms with Gasteiger partial charge in [-0.25, -0.2) is 4.18 Å². The third kappa shape index (κ3) is 6.59. The van der Waals surface area contributed by atoms with E-state index in [1.165, 1.54) is 0 Å². The van der Waals surface area contributed by atoms with Crippen molar-refractivity contribution < 1.29 is 27.4 Å². The predicted octanol–water partition coefficient (Wildman–Crippen LogP) is -2.22. The van der Waals surface area contributed by atoms with Gasteiger partial charge in [-0.15, -0.1) is 0 Å². The van der Waals surface area contributed by atoms with Gasteiger partial charge >= 0.3 is 10.4 Å². The normalized spacial score (nSPS) is 21.1. The highest BCUT2D eigenvalue weighted by molar-refractivity contribution is 7.80. The Bertz CT molecular complexity index is 328. The van der Waals surface area contributed by atoms with Crippen LogP contribution in [0.2, 0.25) is 0 Å². The van der Waals surface area contributed by atoms with Crippen LogP contribution in [0.25, 0.3) is 0 Å². The number of β-amino-alcohol motifs (C(OH)–C–C–N with tert-alkyl or cyclic N) is 2. The first-order valence-corrected chi connectivity index (χ1v) is 7.12. The van der Waals surface area contributed by atoms with Crippen molar-refractivity contribution in [3.63, 3.8) is 0 Å². The van der Waals surface area contributed by atoms with Crippen LogP contribution in [0.1, 0.15) is 0 Å². The third-order valence-electron chi connectivity index (χ3n) is 2.76. The van der Waals surface area contributed by atoms with Gasteiger partial charge in [0.1, 0.15) is 0 Å². The maximum absolute atomic E-state index is 10.3. The van der Waals surface area contributed by atoms with Gasteiger partial charge in [-0.05, 0) is 0 Å². The minimum Gasteiger partial charge on any atom is -0.395 e. The summed E-state index contributed by atoms with van der Waals surface area (Å²) >= 11 is 0. The van der Waals surface area contributed by atoms with Gasteiger partial charge in [-0.2, -0.15) is 8.42 Å². The average Bonchev–Trinajstić information content (AvgIpc) is 2.29. The zero-order valence-corrected chi connectivity index (χ0v) is 10.9. The topological polar surface area (TPSA) is 111 Å². The maximum atomic E-state index is 10.3. The molecule has 1 heterocycles. The number of aliphatic hydroxyl groups excluding tert-OH is 2. The number of nitrogens with zero attached hydrogens (tertiary/aromatic N) is 2. The quantitative estimate of drug-likeness (QED) is 0.451. The van der Waals surface area contributed by atoms with Crippen LogP contribution < -0.4 is 0 Å². The molecule has 1 rings (SSSR count). The first-order chi connectivity index (χ1) is 8.40. The van der Waals surface area contributed by atoms with Crippen molar-refractivity contribution in [2.24, 2.45) is 0 Å². The number of hydrogen-bond donors (Lipinski definition) is 3. The molecule has 1 aliphatic rings. The van der Waals surface area contributed by atoms with Gasteiger partial charge in [0, 0.05) is 39.3 Å². The largest absolute Gasteiger partial charge is 0.397 e. The highest BCUT2D eigenvalue weighted by Crippen LogP contribution is 2.03. The van der Waals surface area contributed by atoms with Gasteiger partial charge in [-0.3, -0.25) is 14.4 Å². The van der Waals surface area contributed by atoms with E-state index in [9.17, 15) is 13.5 Å². The lowest BCUT2D eigenvalue weighted by Crippen LogP contribution is -2.49. The van der Waals surface area contributed by atoms with E-state index in [0.29, 0.717) is 13.1 Å². The number of hydrogen-bond acceptors (Lipinski definition) is 7. The number of rotatable bonds is 7. The standard InChI is InChI=1S/C9H20N2O6S/c12-6-5-10-1-3-11(4-2-10)7-9(13)8-17-18(14,15)16/h9,12-13H,1-8H2,(H,14,15,16). The van der Waals surface area contributed by atoms with Crippen LogP contribution in [-0.4, -0.2) is 91.6 Å². The second-order valence-electron chi connectivity index (χ2n) is 4.23. The Labute approximate surface area is 107 Å². The SMILES string of the molecule is O=S(=O)(O)OCC(O)CN1CCN(CCO)CC1. The monoisotopic (exact) mass is 284 g/mol. The Hall–Kier alpha value is -0.290. The number of aliphatic hydroxyl groups is 2. The van der Waals surface area contributed by atoms with Crippen LogP contribution in [-0.2, 0) is 14.6 Å². The summed E-state index contributed by atoms with van der Waals surface area (Å²) in [5.74, 6) is 0. The summed E-state index contributed by atoms with van der Waals surface area (Å²) in [6, 6.07) is 0. The van der Waals surface area contributed by atoms with E-state index in [1.807, 2.05) is 4.90 Å². The van der Waals surface area contributed by atoms with E-state index in [1.54, 1.807) is 0 Å².